The molecular formula is C24H25N5O4. The van der Waals surface area contributed by atoms with Gasteiger partial charge in [0.25, 0.3) is 0 Å². The van der Waals surface area contributed by atoms with Gasteiger partial charge in [-0.15, -0.1) is 0 Å². The van der Waals surface area contributed by atoms with E-state index in [1.165, 1.54) is 0 Å². The van der Waals surface area contributed by atoms with Crippen LogP contribution in [0.15, 0.2) is 48.8 Å². The van der Waals surface area contributed by atoms with Gasteiger partial charge in [0.15, 0.2) is 5.65 Å². The second-order valence-electron chi connectivity index (χ2n) is 7.79. The fourth-order valence-corrected chi connectivity index (χ4v) is 3.96. The van der Waals surface area contributed by atoms with Crippen LogP contribution in [0.4, 0.5) is 5.95 Å². The maximum atomic E-state index is 10.0. The molecule has 1 fully saturated rings. The molecular weight excluding hydrogens is 422 g/mol. The summed E-state index contributed by atoms with van der Waals surface area (Å²) in [7, 11) is 3.27. The highest BCUT2D eigenvalue weighted by molar-refractivity contribution is 5.88. The van der Waals surface area contributed by atoms with Gasteiger partial charge in [0.2, 0.25) is 5.95 Å². The third kappa shape index (κ3) is 4.27. The van der Waals surface area contributed by atoms with E-state index in [4.69, 9.17) is 24.2 Å². The van der Waals surface area contributed by atoms with E-state index in [0.717, 1.165) is 22.6 Å². The molecule has 33 heavy (non-hydrogen) atoms. The highest BCUT2D eigenvalue weighted by Gasteiger charge is 2.20. The third-order valence-electron chi connectivity index (χ3n) is 5.63. The topological polar surface area (TPSA) is 94.8 Å². The predicted octanol–water partition coefficient (Wildman–Crippen LogP) is 3.10. The number of hydrogen-bond donors (Lipinski definition) is 1. The second-order valence-corrected chi connectivity index (χ2v) is 7.79. The molecule has 2 aromatic carbocycles. The quantitative estimate of drug-likeness (QED) is 0.482. The molecule has 1 saturated heterocycles. The van der Waals surface area contributed by atoms with Crippen LogP contribution >= 0.6 is 0 Å². The molecule has 0 amide bonds. The number of fused-ring (bicyclic) bond motifs is 1. The molecule has 0 atom stereocenters. The van der Waals surface area contributed by atoms with E-state index in [9.17, 15) is 5.11 Å². The number of phenolic OH excluding ortho intramolecular Hbond substituents is 1. The number of rotatable bonds is 6. The number of aromatic nitrogens is 4. The summed E-state index contributed by atoms with van der Waals surface area (Å²) in [6.45, 7) is 3.22. The van der Waals surface area contributed by atoms with Crippen molar-refractivity contribution >= 4 is 17.1 Å². The van der Waals surface area contributed by atoms with Gasteiger partial charge in [0.1, 0.15) is 28.5 Å². The van der Waals surface area contributed by atoms with Crippen molar-refractivity contribution in [2.24, 2.45) is 0 Å². The Morgan fingerprint density at radius 1 is 1.00 bits per heavy atom. The standard InChI is InChI=1S/C24H25N5O4/c1-31-19-10-16(11-20(13-19)32-2)14-29-15-25-22-21(17-4-3-5-18(30)12-17)26-24(27-23(22)29)28-6-8-33-9-7-28/h3-5,10-13,15,30H,6-9,14H2,1-2H3. The van der Waals surface area contributed by atoms with Gasteiger partial charge in [-0.2, -0.15) is 4.98 Å². The van der Waals surface area contributed by atoms with Crippen molar-refractivity contribution < 1.29 is 19.3 Å². The van der Waals surface area contributed by atoms with E-state index >= 15 is 0 Å². The molecule has 170 valence electrons. The number of benzene rings is 2. The molecule has 9 nitrogen and oxygen atoms in total. The first-order chi connectivity index (χ1) is 16.1. The van der Waals surface area contributed by atoms with Crippen LogP contribution in [-0.4, -0.2) is 65.1 Å². The van der Waals surface area contributed by atoms with Crippen LogP contribution < -0.4 is 14.4 Å². The van der Waals surface area contributed by atoms with Crippen molar-refractivity contribution in [1.82, 2.24) is 19.5 Å². The number of morpholine rings is 1. The molecule has 1 aliphatic heterocycles. The fraction of sp³-hybridized carbons (Fsp3) is 0.292. The minimum absolute atomic E-state index is 0.176. The lowest BCUT2D eigenvalue weighted by molar-refractivity contribution is 0.122. The molecule has 1 aliphatic rings. The maximum Gasteiger partial charge on any atom is 0.228 e. The Kier molecular flexibility index (Phi) is 5.70. The number of nitrogens with zero attached hydrogens (tertiary/aromatic N) is 5. The van der Waals surface area contributed by atoms with Crippen LogP contribution in [0.5, 0.6) is 17.2 Å². The number of imidazole rings is 1. The van der Waals surface area contributed by atoms with Gasteiger partial charge in [-0.25, -0.2) is 9.97 Å². The molecule has 0 bridgehead atoms. The molecule has 2 aromatic heterocycles. The number of ether oxygens (including phenoxy) is 3. The van der Waals surface area contributed by atoms with E-state index in [-0.39, 0.29) is 5.75 Å². The smallest absolute Gasteiger partial charge is 0.228 e. The lowest BCUT2D eigenvalue weighted by atomic mass is 10.1. The highest BCUT2D eigenvalue weighted by Crippen LogP contribution is 2.30. The van der Waals surface area contributed by atoms with Crippen molar-refractivity contribution in [2.75, 3.05) is 45.4 Å². The van der Waals surface area contributed by atoms with Crippen molar-refractivity contribution in [3.05, 3.63) is 54.4 Å². The summed E-state index contributed by atoms with van der Waals surface area (Å²) in [5.74, 6) is 2.24. The molecule has 3 heterocycles. The van der Waals surface area contributed by atoms with Crippen LogP contribution in [0.2, 0.25) is 0 Å². The first-order valence-electron chi connectivity index (χ1n) is 10.7. The summed E-state index contributed by atoms with van der Waals surface area (Å²) < 4.78 is 18.3. The van der Waals surface area contributed by atoms with Gasteiger partial charge in [0.05, 0.1) is 40.3 Å². The Bertz CT molecular complexity index is 1260. The van der Waals surface area contributed by atoms with Crippen LogP contribution in [0.25, 0.3) is 22.4 Å². The second kappa shape index (κ2) is 8.95. The molecule has 9 heteroatoms. The predicted molar refractivity (Wildman–Crippen MR) is 124 cm³/mol. The maximum absolute atomic E-state index is 10.0. The van der Waals surface area contributed by atoms with Gasteiger partial charge in [-0.3, -0.25) is 0 Å². The summed E-state index contributed by atoms with van der Waals surface area (Å²) in [5.41, 5.74) is 3.85. The minimum Gasteiger partial charge on any atom is -0.508 e. The SMILES string of the molecule is COc1cc(Cn2cnc3c(-c4cccc(O)c4)nc(N4CCOCC4)nc32)cc(OC)c1. The Morgan fingerprint density at radius 3 is 2.45 bits per heavy atom. The van der Waals surface area contributed by atoms with Crippen LogP contribution in [0.1, 0.15) is 5.56 Å². The highest BCUT2D eigenvalue weighted by atomic mass is 16.5. The summed E-state index contributed by atoms with van der Waals surface area (Å²) in [6, 6.07) is 12.8. The summed E-state index contributed by atoms with van der Waals surface area (Å²) in [4.78, 5) is 16.5. The van der Waals surface area contributed by atoms with Crippen molar-refractivity contribution in [3.8, 4) is 28.5 Å². The number of anilines is 1. The summed E-state index contributed by atoms with van der Waals surface area (Å²) in [6.07, 6.45) is 1.76. The lowest BCUT2D eigenvalue weighted by Crippen LogP contribution is -2.37. The zero-order valence-corrected chi connectivity index (χ0v) is 18.6. The van der Waals surface area contributed by atoms with Gasteiger partial charge < -0.3 is 28.8 Å². The van der Waals surface area contributed by atoms with Gasteiger partial charge in [-0.05, 0) is 29.8 Å². The van der Waals surface area contributed by atoms with E-state index in [2.05, 4.69) is 9.88 Å². The summed E-state index contributed by atoms with van der Waals surface area (Å²) >= 11 is 0. The number of methoxy groups -OCH3 is 2. The van der Waals surface area contributed by atoms with E-state index in [1.54, 1.807) is 38.7 Å². The van der Waals surface area contributed by atoms with Crippen LogP contribution in [-0.2, 0) is 11.3 Å². The average molecular weight is 447 g/mol. The molecule has 0 saturated carbocycles. The Balaban J connectivity index is 1.63. The van der Waals surface area contributed by atoms with Gasteiger partial charge >= 0.3 is 0 Å². The normalized spacial score (nSPS) is 13.9. The monoisotopic (exact) mass is 447 g/mol. The fourth-order valence-electron chi connectivity index (χ4n) is 3.96. The van der Waals surface area contributed by atoms with Crippen molar-refractivity contribution in [3.63, 3.8) is 0 Å². The first kappa shape index (κ1) is 21.0. The molecule has 1 N–H and O–H groups in total. The van der Waals surface area contributed by atoms with Crippen molar-refractivity contribution in [2.45, 2.75) is 6.54 Å². The number of phenols is 1. The minimum atomic E-state index is 0.176. The molecule has 0 radical (unpaired) electrons. The molecule has 0 spiro atoms. The molecule has 4 aromatic rings. The van der Waals surface area contributed by atoms with Crippen LogP contribution in [0, 0.1) is 0 Å². The average Bonchev–Trinajstić information content (AvgIpc) is 3.26. The van der Waals surface area contributed by atoms with E-state index in [0.29, 0.717) is 55.7 Å². The molecule has 0 aliphatic carbocycles. The van der Waals surface area contributed by atoms with E-state index < -0.39 is 0 Å². The summed E-state index contributed by atoms with van der Waals surface area (Å²) in [5, 5.41) is 10.0. The Labute approximate surface area is 191 Å². The van der Waals surface area contributed by atoms with E-state index in [1.807, 2.05) is 28.8 Å². The van der Waals surface area contributed by atoms with Gasteiger partial charge in [0, 0.05) is 24.7 Å². The Hall–Kier alpha value is -3.85. The van der Waals surface area contributed by atoms with Gasteiger partial charge in [-0.1, -0.05) is 12.1 Å². The largest absolute Gasteiger partial charge is 0.508 e. The zero-order chi connectivity index (χ0) is 22.8. The molecule has 0 unspecified atom stereocenters. The number of hydrogen-bond acceptors (Lipinski definition) is 8. The molecule has 5 rings (SSSR count). The zero-order valence-electron chi connectivity index (χ0n) is 18.6. The van der Waals surface area contributed by atoms with Crippen molar-refractivity contribution in [1.29, 1.82) is 0 Å². The first-order valence-corrected chi connectivity index (χ1v) is 10.7. The third-order valence-corrected chi connectivity index (χ3v) is 5.63. The van der Waals surface area contributed by atoms with Crippen LogP contribution in [0.3, 0.4) is 0 Å². The Morgan fingerprint density at radius 2 is 1.76 bits per heavy atom. The lowest BCUT2D eigenvalue weighted by Gasteiger charge is -2.27. The number of aromatic hydroxyl groups is 1.